The molecule has 0 saturated carbocycles. The first kappa shape index (κ1) is 25.3. The molecular formula is C29H28ClNO5. The monoisotopic (exact) mass is 505 g/mol. The standard InChI is InChI=1S/C29H28ClNO5/c1-4-35-23-9-5-7-19(15-23)26-25(27(32)20-8-6-10-24(16-20)36-17-18(2)3)28(33)29(34)31(26)22-13-11-21(30)12-14-22/h5-16,18,26,32H,4,17H2,1-3H3/b27-25-. The van der Waals surface area contributed by atoms with Gasteiger partial charge in [0, 0.05) is 16.3 Å². The van der Waals surface area contributed by atoms with Crippen LogP contribution in [0.4, 0.5) is 5.69 Å². The highest BCUT2D eigenvalue weighted by Crippen LogP contribution is 2.43. The summed E-state index contributed by atoms with van der Waals surface area (Å²) in [7, 11) is 0. The first-order valence-electron chi connectivity index (χ1n) is 11.8. The zero-order chi connectivity index (χ0) is 25.8. The van der Waals surface area contributed by atoms with E-state index in [9.17, 15) is 14.7 Å². The number of benzene rings is 3. The number of hydrogen-bond donors (Lipinski definition) is 1. The molecule has 1 aliphatic heterocycles. The summed E-state index contributed by atoms with van der Waals surface area (Å²) in [6, 6.07) is 19.8. The lowest BCUT2D eigenvalue weighted by Gasteiger charge is -2.26. The van der Waals surface area contributed by atoms with E-state index < -0.39 is 17.7 Å². The predicted molar refractivity (Wildman–Crippen MR) is 141 cm³/mol. The Hall–Kier alpha value is -3.77. The first-order chi connectivity index (χ1) is 17.3. The SMILES string of the molecule is CCOc1cccc(C2/C(=C(/O)c3cccc(OCC(C)C)c3)C(=O)C(=O)N2c2ccc(Cl)cc2)c1. The molecule has 0 radical (unpaired) electrons. The molecule has 7 heteroatoms. The van der Waals surface area contributed by atoms with Crippen LogP contribution in [0, 0.1) is 5.92 Å². The normalized spacial score (nSPS) is 17.0. The molecule has 1 fully saturated rings. The first-order valence-corrected chi connectivity index (χ1v) is 12.2. The van der Waals surface area contributed by atoms with Crippen LogP contribution < -0.4 is 14.4 Å². The van der Waals surface area contributed by atoms with Gasteiger partial charge in [0.2, 0.25) is 0 Å². The van der Waals surface area contributed by atoms with Crippen molar-refractivity contribution in [3.63, 3.8) is 0 Å². The molecular weight excluding hydrogens is 478 g/mol. The molecule has 0 bridgehead atoms. The number of carbonyl (C=O) groups is 2. The molecule has 0 aliphatic carbocycles. The molecule has 1 unspecified atom stereocenters. The van der Waals surface area contributed by atoms with E-state index in [1.807, 2.05) is 20.8 Å². The van der Waals surface area contributed by atoms with Gasteiger partial charge in [0.05, 0.1) is 24.8 Å². The minimum absolute atomic E-state index is 0.00962. The van der Waals surface area contributed by atoms with Gasteiger partial charge >= 0.3 is 0 Å². The van der Waals surface area contributed by atoms with Crippen molar-refractivity contribution in [1.82, 2.24) is 0 Å². The minimum Gasteiger partial charge on any atom is -0.507 e. The van der Waals surface area contributed by atoms with Gasteiger partial charge in [-0.05, 0) is 66.9 Å². The third-order valence-corrected chi connectivity index (χ3v) is 5.98. The Labute approximate surface area is 215 Å². The highest BCUT2D eigenvalue weighted by molar-refractivity contribution is 6.51. The molecule has 3 aromatic carbocycles. The number of ether oxygens (including phenoxy) is 2. The average Bonchev–Trinajstić information content (AvgIpc) is 3.14. The molecule has 1 heterocycles. The van der Waals surface area contributed by atoms with Crippen molar-refractivity contribution in [3.05, 3.63) is 94.5 Å². The fourth-order valence-electron chi connectivity index (χ4n) is 4.11. The highest BCUT2D eigenvalue weighted by atomic mass is 35.5. The molecule has 1 saturated heterocycles. The van der Waals surface area contributed by atoms with Crippen molar-refractivity contribution < 1.29 is 24.2 Å². The molecule has 1 aliphatic rings. The van der Waals surface area contributed by atoms with E-state index in [0.29, 0.717) is 52.5 Å². The third-order valence-electron chi connectivity index (χ3n) is 5.72. The number of rotatable bonds is 8. The topological polar surface area (TPSA) is 76.1 Å². The Morgan fingerprint density at radius 3 is 2.31 bits per heavy atom. The van der Waals surface area contributed by atoms with Crippen LogP contribution in [0.3, 0.4) is 0 Å². The van der Waals surface area contributed by atoms with Crippen LogP contribution >= 0.6 is 11.6 Å². The smallest absolute Gasteiger partial charge is 0.300 e. The van der Waals surface area contributed by atoms with Crippen LogP contribution in [0.5, 0.6) is 11.5 Å². The van der Waals surface area contributed by atoms with Crippen molar-refractivity contribution >= 4 is 34.7 Å². The summed E-state index contributed by atoms with van der Waals surface area (Å²) in [6.45, 7) is 6.93. The molecule has 1 atom stereocenters. The molecule has 36 heavy (non-hydrogen) atoms. The molecule has 6 nitrogen and oxygen atoms in total. The lowest BCUT2D eigenvalue weighted by molar-refractivity contribution is -0.132. The molecule has 186 valence electrons. The molecule has 3 aromatic rings. The number of nitrogens with zero attached hydrogens (tertiary/aromatic N) is 1. The Bertz CT molecular complexity index is 1300. The number of ketones is 1. The largest absolute Gasteiger partial charge is 0.507 e. The highest BCUT2D eigenvalue weighted by Gasteiger charge is 2.47. The van der Waals surface area contributed by atoms with Gasteiger partial charge < -0.3 is 14.6 Å². The maximum absolute atomic E-state index is 13.4. The predicted octanol–water partition coefficient (Wildman–Crippen LogP) is 6.40. The van der Waals surface area contributed by atoms with E-state index in [1.165, 1.54) is 4.90 Å². The number of aliphatic hydroxyl groups excluding tert-OH is 1. The van der Waals surface area contributed by atoms with E-state index in [2.05, 4.69) is 0 Å². The zero-order valence-corrected chi connectivity index (χ0v) is 21.2. The summed E-state index contributed by atoms with van der Waals surface area (Å²) < 4.78 is 11.5. The zero-order valence-electron chi connectivity index (χ0n) is 20.4. The summed E-state index contributed by atoms with van der Waals surface area (Å²) in [5.41, 5.74) is 1.49. The summed E-state index contributed by atoms with van der Waals surface area (Å²) in [6.07, 6.45) is 0. The summed E-state index contributed by atoms with van der Waals surface area (Å²) in [5, 5.41) is 11.9. The van der Waals surface area contributed by atoms with Crippen molar-refractivity contribution in [2.24, 2.45) is 5.92 Å². The number of carbonyl (C=O) groups excluding carboxylic acids is 2. The van der Waals surface area contributed by atoms with Crippen molar-refractivity contribution in [2.75, 3.05) is 18.1 Å². The molecule has 0 aromatic heterocycles. The van der Waals surface area contributed by atoms with E-state index in [4.69, 9.17) is 21.1 Å². The van der Waals surface area contributed by atoms with Gasteiger partial charge in [-0.25, -0.2) is 0 Å². The Kier molecular flexibility index (Phi) is 7.65. The molecule has 1 amide bonds. The summed E-state index contributed by atoms with van der Waals surface area (Å²) in [4.78, 5) is 28.1. The van der Waals surface area contributed by atoms with Crippen LogP contribution in [-0.2, 0) is 9.59 Å². The third kappa shape index (κ3) is 5.24. The second-order valence-electron chi connectivity index (χ2n) is 8.88. The Morgan fingerprint density at radius 2 is 1.64 bits per heavy atom. The van der Waals surface area contributed by atoms with Gasteiger partial charge in [-0.2, -0.15) is 0 Å². The van der Waals surface area contributed by atoms with Gasteiger partial charge in [-0.15, -0.1) is 0 Å². The second-order valence-corrected chi connectivity index (χ2v) is 9.32. The van der Waals surface area contributed by atoms with Crippen LogP contribution in [-0.4, -0.2) is 30.0 Å². The van der Waals surface area contributed by atoms with E-state index >= 15 is 0 Å². The van der Waals surface area contributed by atoms with Gasteiger partial charge in [0.15, 0.2) is 0 Å². The summed E-state index contributed by atoms with van der Waals surface area (Å²) >= 11 is 6.06. The van der Waals surface area contributed by atoms with Gasteiger partial charge in [-0.1, -0.05) is 49.7 Å². The fourth-order valence-corrected chi connectivity index (χ4v) is 4.23. The number of hydrogen-bond acceptors (Lipinski definition) is 5. The fraction of sp³-hybridized carbons (Fsp3) is 0.241. The van der Waals surface area contributed by atoms with E-state index in [0.717, 1.165) is 0 Å². The van der Waals surface area contributed by atoms with Crippen molar-refractivity contribution in [2.45, 2.75) is 26.8 Å². The Morgan fingerprint density at radius 1 is 0.972 bits per heavy atom. The quantitative estimate of drug-likeness (QED) is 0.218. The second kappa shape index (κ2) is 10.9. The lowest BCUT2D eigenvalue weighted by Crippen LogP contribution is -2.29. The van der Waals surface area contributed by atoms with Gasteiger partial charge in [0.1, 0.15) is 17.3 Å². The molecule has 1 N–H and O–H groups in total. The van der Waals surface area contributed by atoms with Crippen LogP contribution in [0.1, 0.15) is 37.9 Å². The number of aliphatic hydroxyl groups is 1. The molecule has 4 rings (SSSR count). The van der Waals surface area contributed by atoms with Crippen molar-refractivity contribution in [3.8, 4) is 11.5 Å². The average molecular weight is 506 g/mol. The van der Waals surface area contributed by atoms with Crippen LogP contribution in [0.15, 0.2) is 78.4 Å². The number of Topliss-reactive ketones (excluding diaryl/α,β-unsaturated/α-hetero) is 1. The van der Waals surface area contributed by atoms with Crippen LogP contribution in [0.25, 0.3) is 5.76 Å². The number of amides is 1. The van der Waals surface area contributed by atoms with E-state index in [-0.39, 0.29) is 11.3 Å². The molecule has 0 spiro atoms. The summed E-state index contributed by atoms with van der Waals surface area (Å²) in [5.74, 6) is -0.299. The van der Waals surface area contributed by atoms with Crippen molar-refractivity contribution in [1.29, 1.82) is 0 Å². The van der Waals surface area contributed by atoms with Crippen LogP contribution in [0.2, 0.25) is 5.02 Å². The van der Waals surface area contributed by atoms with Gasteiger partial charge in [0.25, 0.3) is 11.7 Å². The number of halogens is 1. The lowest BCUT2D eigenvalue weighted by atomic mass is 9.95. The maximum atomic E-state index is 13.4. The number of anilines is 1. The maximum Gasteiger partial charge on any atom is 0.300 e. The Balaban J connectivity index is 1.87. The minimum atomic E-state index is -0.869. The van der Waals surface area contributed by atoms with E-state index in [1.54, 1.807) is 72.8 Å². The van der Waals surface area contributed by atoms with Gasteiger partial charge in [-0.3, -0.25) is 14.5 Å².